The van der Waals surface area contributed by atoms with E-state index in [0.717, 1.165) is 36.7 Å². The van der Waals surface area contributed by atoms with Crippen molar-refractivity contribution in [3.63, 3.8) is 0 Å². The molecule has 110 valence electrons. The lowest BCUT2D eigenvalue weighted by molar-refractivity contribution is 0.220. The number of imidazole rings is 1. The minimum Gasteiger partial charge on any atom is -0.493 e. The zero-order valence-corrected chi connectivity index (χ0v) is 12.1. The van der Waals surface area contributed by atoms with E-state index in [0.29, 0.717) is 5.92 Å². The van der Waals surface area contributed by atoms with Crippen molar-refractivity contribution in [1.82, 2.24) is 19.7 Å². The molecule has 1 aliphatic rings. The maximum Gasteiger partial charge on any atom is 0.160 e. The Hall–Kier alpha value is -2.69. The predicted octanol–water partition coefficient (Wildman–Crippen LogP) is 2.46. The molecule has 4 rings (SSSR count). The molecule has 0 amide bonds. The number of para-hydroxylation sites is 1. The number of ether oxygens (including phenoxy) is 1. The molecule has 5 nitrogen and oxygen atoms in total. The third kappa shape index (κ3) is 2.57. The molecule has 0 bridgehead atoms. The first-order valence-electron chi connectivity index (χ1n) is 7.40. The lowest BCUT2D eigenvalue weighted by Gasteiger charge is -2.24. The van der Waals surface area contributed by atoms with Crippen LogP contribution >= 0.6 is 0 Å². The normalized spacial score (nSPS) is 16.8. The lowest BCUT2D eigenvalue weighted by atomic mass is 9.93. The van der Waals surface area contributed by atoms with Gasteiger partial charge in [0.2, 0.25) is 0 Å². The van der Waals surface area contributed by atoms with Crippen LogP contribution in [0.4, 0.5) is 0 Å². The SMILES string of the molecule is c1ccc2c(c1)C[C@H](Cc1ccc(-n3ccnc3)nn1)CO2. The highest BCUT2D eigenvalue weighted by atomic mass is 16.5. The van der Waals surface area contributed by atoms with Gasteiger partial charge in [0, 0.05) is 18.3 Å². The van der Waals surface area contributed by atoms with Crippen LogP contribution in [0.15, 0.2) is 55.1 Å². The van der Waals surface area contributed by atoms with Gasteiger partial charge in [-0.25, -0.2) is 4.98 Å². The molecular weight excluding hydrogens is 276 g/mol. The standard InChI is InChI=1S/C17H16N4O/c1-2-4-16-14(3-1)9-13(11-22-16)10-15-5-6-17(20-19-15)21-8-7-18-12-21/h1-8,12-13H,9-11H2/t13-/m1/s1. The van der Waals surface area contributed by atoms with Crippen LogP contribution in [0.3, 0.4) is 0 Å². The van der Waals surface area contributed by atoms with Crippen molar-refractivity contribution >= 4 is 0 Å². The fourth-order valence-electron chi connectivity index (χ4n) is 2.81. The Morgan fingerprint density at radius 3 is 2.91 bits per heavy atom. The molecule has 0 spiro atoms. The molecule has 0 fully saturated rings. The molecule has 2 aromatic heterocycles. The second kappa shape index (κ2) is 5.60. The van der Waals surface area contributed by atoms with Gasteiger partial charge in [-0.05, 0) is 36.6 Å². The Morgan fingerprint density at radius 1 is 1.14 bits per heavy atom. The van der Waals surface area contributed by atoms with E-state index in [2.05, 4.69) is 27.3 Å². The summed E-state index contributed by atoms with van der Waals surface area (Å²) < 4.78 is 7.67. The summed E-state index contributed by atoms with van der Waals surface area (Å²) in [6, 6.07) is 12.2. The number of aromatic nitrogens is 4. The van der Waals surface area contributed by atoms with Crippen molar-refractivity contribution in [1.29, 1.82) is 0 Å². The smallest absolute Gasteiger partial charge is 0.160 e. The highest BCUT2D eigenvalue weighted by Gasteiger charge is 2.20. The molecule has 22 heavy (non-hydrogen) atoms. The number of fused-ring (bicyclic) bond motifs is 1. The van der Waals surface area contributed by atoms with Crippen molar-refractivity contribution < 1.29 is 4.74 Å². The summed E-state index contributed by atoms with van der Waals surface area (Å²) in [7, 11) is 0. The average molecular weight is 292 g/mol. The number of hydrogen-bond donors (Lipinski definition) is 0. The Bertz CT molecular complexity index is 753. The lowest BCUT2D eigenvalue weighted by Crippen LogP contribution is -2.23. The maximum absolute atomic E-state index is 5.83. The second-order valence-electron chi connectivity index (χ2n) is 5.55. The summed E-state index contributed by atoms with van der Waals surface area (Å²) in [6.07, 6.45) is 7.21. The average Bonchev–Trinajstić information content (AvgIpc) is 3.10. The first kappa shape index (κ1) is 13.0. The van der Waals surface area contributed by atoms with Crippen LogP contribution in [-0.2, 0) is 12.8 Å². The minimum absolute atomic E-state index is 0.447. The quantitative estimate of drug-likeness (QED) is 0.744. The van der Waals surface area contributed by atoms with Gasteiger partial charge in [-0.15, -0.1) is 5.10 Å². The van der Waals surface area contributed by atoms with Gasteiger partial charge in [0.1, 0.15) is 12.1 Å². The molecular formula is C17H16N4O. The molecule has 1 aliphatic heterocycles. The number of hydrogen-bond acceptors (Lipinski definition) is 4. The molecule has 0 N–H and O–H groups in total. The van der Waals surface area contributed by atoms with Crippen molar-refractivity contribution in [2.45, 2.75) is 12.8 Å². The Balaban J connectivity index is 1.46. The molecule has 0 saturated carbocycles. The van der Waals surface area contributed by atoms with Crippen LogP contribution in [0.25, 0.3) is 5.82 Å². The molecule has 0 unspecified atom stereocenters. The first-order valence-corrected chi connectivity index (χ1v) is 7.40. The van der Waals surface area contributed by atoms with Gasteiger partial charge in [-0.2, -0.15) is 5.10 Å². The van der Waals surface area contributed by atoms with Crippen LogP contribution in [0.1, 0.15) is 11.3 Å². The molecule has 0 saturated heterocycles. The van der Waals surface area contributed by atoms with Crippen LogP contribution < -0.4 is 4.74 Å². The van der Waals surface area contributed by atoms with E-state index >= 15 is 0 Å². The van der Waals surface area contributed by atoms with Crippen LogP contribution in [-0.4, -0.2) is 26.4 Å². The van der Waals surface area contributed by atoms with Gasteiger partial charge in [-0.3, -0.25) is 4.57 Å². The molecule has 1 aromatic carbocycles. The van der Waals surface area contributed by atoms with Crippen LogP contribution in [0.2, 0.25) is 0 Å². The molecule has 5 heteroatoms. The summed E-state index contributed by atoms with van der Waals surface area (Å²) in [5.41, 5.74) is 2.28. The van der Waals surface area contributed by atoms with E-state index in [9.17, 15) is 0 Å². The third-order valence-corrected chi connectivity index (χ3v) is 3.93. The fourth-order valence-corrected chi connectivity index (χ4v) is 2.81. The van der Waals surface area contributed by atoms with Crippen molar-refractivity contribution in [3.05, 3.63) is 66.4 Å². The predicted molar refractivity (Wildman–Crippen MR) is 82.0 cm³/mol. The van der Waals surface area contributed by atoms with Gasteiger partial charge in [-0.1, -0.05) is 18.2 Å². The van der Waals surface area contributed by atoms with E-state index in [1.54, 1.807) is 12.5 Å². The Morgan fingerprint density at radius 2 is 2.09 bits per heavy atom. The topological polar surface area (TPSA) is 52.8 Å². The minimum atomic E-state index is 0.447. The van der Waals surface area contributed by atoms with Crippen LogP contribution in [0.5, 0.6) is 5.75 Å². The third-order valence-electron chi connectivity index (χ3n) is 3.93. The molecule has 3 heterocycles. The Labute approximate surface area is 128 Å². The van der Waals surface area contributed by atoms with Crippen molar-refractivity contribution in [3.8, 4) is 11.6 Å². The summed E-state index contributed by atoms with van der Waals surface area (Å²) in [4.78, 5) is 4.01. The summed E-state index contributed by atoms with van der Waals surface area (Å²) in [5.74, 6) is 2.25. The van der Waals surface area contributed by atoms with E-state index in [4.69, 9.17) is 4.74 Å². The van der Waals surface area contributed by atoms with Crippen molar-refractivity contribution in [2.75, 3.05) is 6.61 Å². The maximum atomic E-state index is 5.83. The number of rotatable bonds is 3. The van der Waals surface area contributed by atoms with E-state index in [-0.39, 0.29) is 0 Å². The van der Waals surface area contributed by atoms with Gasteiger partial charge in [0.15, 0.2) is 5.82 Å². The van der Waals surface area contributed by atoms with Crippen molar-refractivity contribution in [2.24, 2.45) is 5.92 Å². The van der Waals surface area contributed by atoms with E-state index < -0.39 is 0 Å². The monoisotopic (exact) mass is 292 g/mol. The molecule has 3 aromatic rings. The van der Waals surface area contributed by atoms with Gasteiger partial charge in [0.05, 0.1) is 12.3 Å². The summed E-state index contributed by atoms with van der Waals surface area (Å²) >= 11 is 0. The van der Waals surface area contributed by atoms with E-state index in [1.807, 2.05) is 35.0 Å². The zero-order chi connectivity index (χ0) is 14.8. The molecule has 0 aliphatic carbocycles. The highest BCUT2D eigenvalue weighted by Crippen LogP contribution is 2.28. The van der Waals surface area contributed by atoms with Crippen LogP contribution in [0, 0.1) is 5.92 Å². The molecule has 0 radical (unpaired) electrons. The van der Waals surface area contributed by atoms with Gasteiger partial charge >= 0.3 is 0 Å². The Kier molecular flexibility index (Phi) is 3.31. The van der Waals surface area contributed by atoms with Gasteiger partial charge < -0.3 is 4.74 Å². The zero-order valence-electron chi connectivity index (χ0n) is 12.1. The highest BCUT2D eigenvalue weighted by molar-refractivity contribution is 5.35. The van der Waals surface area contributed by atoms with Gasteiger partial charge in [0.25, 0.3) is 0 Å². The number of benzene rings is 1. The number of nitrogens with zero attached hydrogens (tertiary/aromatic N) is 4. The van der Waals surface area contributed by atoms with E-state index in [1.165, 1.54) is 5.56 Å². The first-order chi connectivity index (χ1) is 10.9. The fraction of sp³-hybridized carbons (Fsp3) is 0.235. The summed E-state index contributed by atoms with van der Waals surface area (Å²) in [5, 5.41) is 8.59. The summed E-state index contributed by atoms with van der Waals surface area (Å²) in [6.45, 7) is 0.738. The molecule has 1 atom stereocenters. The largest absolute Gasteiger partial charge is 0.493 e. The second-order valence-corrected chi connectivity index (χ2v) is 5.55.